The van der Waals surface area contributed by atoms with Crippen LogP contribution in [0.5, 0.6) is 0 Å². The third kappa shape index (κ3) is 6.29. The van der Waals surface area contributed by atoms with Gasteiger partial charge in [-0.2, -0.15) is 0 Å². The number of likely N-dealkylation sites (tertiary alicyclic amines) is 1. The molecule has 0 spiro atoms. The van der Waals surface area contributed by atoms with E-state index in [9.17, 15) is 19.5 Å². The molecule has 2 aliphatic rings. The van der Waals surface area contributed by atoms with Crippen molar-refractivity contribution in [3.05, 3.63) is 58.5 Å². The molecule has 1 N–H and O–H groups in total. The van der Waals surface area contributed by atoms with E-state index in [-0.39, 0.29) is 29.8 Å². The minimum Gasteiger partial charge on any atom is -0.387 e. The molecule has 0 unspecified atom stereocenters. The SMILES string of the molecule is C[C@H](CC1CCCCC1)C(=O)N1CC[C@](O)(Cn2cc(C(=O)N(C)C)c(-c3ccccc3)cc2=O)C(C)(C)C1. The van der Waals surface area contributed by atoms with Crippen LogP contribution in [0.15, 0.2) is 47.4 Å². The van der Waals surface area contributed by atoms with Crippen molar-refractivity contribution in [1.29, 1.82) is 0 Å². The number of hydrogen-bond acceptors (Lipinski definition) is 4. The normalized spacial score (nSPS) is 22.4. The van der Waals surface area contributed by atoms with Gasteiger partial charge >= 0.3 is 0 Å². The molecule has 4 rings (SSSR count). The van der Waals surface area contributed by atoms with Crippen molar-refractivity contribution < 1.29 is 14.7 Å². The third-order valence-electron chi connectivity index (χ3n) is 9.07. The van der Waals surface area contributed by atoms with Gasteiger partial charge in [0.05, 0.1) is 17.7 Å². The maximum atomic E-state index is 13.4. The third-order valence-corrected chi connectivity index (χ3v) is 9.07. The standard InChI is InChI=1S/C32H45N3O4/c1-23(18-24-12-8-6-9-13-24)29(37)34-17-16-32(39,31(2,3)21-34)22-35-20-27(30(38)33(4)5)26(19-28(35)36)25-14-10-7-11-15-25/h7,10-11,14-15,19-20,23-24,39H,6,8-9,12-13,16-18,21-22H2,1-5H3/t23-,32+/m1/s1. The summed E-state index contributed by atoms with van der Waals surface area (Å²) in [5.74, 6) is 0.570. The number of hydrogen-bond donors (Lipinski definition) is 1. The van der Waals surface area contributed by atoms with Crippen molar-refractivity contribution in [1.82, 2.24) is 14.4 Å². The van der Waals surface area contributed by atoms with E-state index in [1.165, 1.54) is 47.6 Å². The number of benzene rings is 1. The van der Waals surface area contributed by atoms with Crippen LogP contribution in [0.25, 0.3) is 11.1 Å². The molecule has 2 aromatic rings. The van der Waals surface area contributed by atoms with Gasteiger partial charge in [0.1, 0.15) is 0 Å². The van der Waals surface area contributed by atoms with Gasteiger partial charge in [-0.3, -0.25) is 14.4 Å². The molecule has 1 aromatic carbocycles. The fourth-order valence-electron chi connectivity index (χ4n) is 6.42. The van der Waals surface area contributed by atoms with Crippen LogP contribution in [-0.4, -0.2) is 64.1 Å². The van der Waals surface area contributed by atoms with Gasteiger partial charge in [0.25, 0.3) is 11.5 Å². The number of piperidine rings is 1. The number of aromatic nitrogens is 1. The highest BCUT2D eigenvalue weighted by molar-refractivity contribution is 6.00. The summed E-state index contributed by atoms with van der Waals surface area (Å²) in [7, 11) is 3.37. The molecule has 1 aromatic heterocycles. The number of amides is 2. The van der Waals surface area contributed by atoms with E-state index in [4.69, 9.17) is 0 Å². The van der Waals surface area contributed by atoms with Gasteiger partial charge in [-0.25, -0.2) is 0 Å². The first-order valence-electron chi connectivity index (χ1n) is 14.4. The second-order valence-electron chi connectivity index (χ2n) is 12.7. The number of aliphatic hydroxyl groups is 1. The zero-order chi connectivity index (χ0) is 28.4. The van der Waals surface area contributed by atoms with Crippen molar-refractivity contribution in [3.8, 4) is 11.1 Å². The van der Waals surface area contributed by atoms with Crippen LogP contribution in [0.4, 0.5) is 0 Å². The molecule has 1 aliphatic heterocycles. The Labute approximate surface area is 232 Å². The summed E-state index contributed by atoms with van der Waals surface area (Å²) in [5.41, 5.74) is -0.347. The summed E-state index contributed by atoms with van der Waals surface area (Å²) >= 11 is 0. The number of pyridine rings is 1. The van der Waals surface area contributed by atoms with Crippen LogP contribution in [-0.2, 0) is 11.3 Å². The predicted octanol–water partition coefficient (Wildman–Crippen LogP) is 4.81. The molecular formula is C32H45N3O4. The first-order chi connectivity index (χ1) is 18.4. The van der Waals surface area contributed by atoms with Crippen LogP contribution >= 0.6 is 0 Å². The predicted molar refractivity (Wildman–Crippen MR) is 154 cm³/mol. The fraction of sp³-hybridized carbons (Fsp3) is 0.594. The zero-order valence-electron chi connectivity index (χ0n) is 24.3. The molecule has 7 nitrogen and oxygen atoms in total. The van der Waals surface area contributed by atoms with E-state index < -0.39 is 11.0 Å². The maximum Gasteiger partial charge on any atom is 0.255 e. The Kier molecular flexibility index (Phi) is 8.69. The lowest BCUT2D eigenvalue weighted by atomic mass is 9.69. The lowest BCUT2D eigenvalue weighted by molar-refractivity contribution is -0.157. The highest BCUT2D eigenvalue weighted by Gasteiger charge is 2.49. The Balaban J connectivity index is 1.54. The fourth-order valence-corrected chi connectivity index (χ4v) is 6.42. The maximum absolute atomic E-state index is 13.4. The quantitative estimate of drug-likeness (QED) is 0.552. The Morgan fingerprint density at radius 2 is 1.77 bits per heavy atom. The first-order valence-corrected chi connectivity index (χ1v) is 14.4. The van der Waals surface area contributed by atoms with E-state index in [0.717, 1.165) is 12.0 Å². The number of nitrogens with zero attached hydrogens (tertiary/aromatic N) is 3. The van der Waals surface area contributed by atoms with Gasteiger partial charge in [-0.15, -0.1) is 0 Å². The molecule has 1 saturated carbocycles. The minimum atomic E-state index is -1.22. The van der Waals surface area contributed by atoms with Crippen molar-refractivity contribution in [3.63, 3.8) is 0 Å². The Bertz CT molecular complexity index is 1230. The van der Waals surface area contributed by atoms with E-state index in [1.54, 1.807) is 20.3 Å². The summed E-state index contributed by atoms with van der Waals surface area (Å²) < 4.78 is 1.47. The zero-order valence-corrected chi connectivity index (χ0v) is 24.3. The summed E-state index contributed by atoms with van der Waals surface area (Å²) in [6, 6.07) is 10.9. The van der Waals surface area contributed by atoms with Crippen LogP contribution in [0.3, 0.4) is 0 Å². The molecular weight excluding hydrogens is 490 g/mol. The highest BCUT2D eigenvalue weighted by atomic mass is 16.3. The Morgan fingerprint density at radius 1 is 1.10 bits per heavy atom. The molecule has 39 heavy (non-hydrogen) atoms. The van der Waals surface area contributed by atoms with Crippen LogP contribution in [0.1, 0.15) is 76.1 Å². The van der Waals surface area contributed by atoms with Gasteiger partial charge in [0.2, 0.25) is 5.91 Å². The van der Waals surface area contributed by atoms with Crippen molar-refractivity contribution in [2.75, 3.05) is 27.2 Å². The Morgan fingerprint density at radius 3 is 2.38 bits per heavy atom. The summed E-state index contributed by atoms with van der Waals surface area (Å²) in [5, 5.41) is 11.9. The average molecular weight is 536 g/mol. The van der Waals surface area contributed by atoms with Crippen LogP contribution < -0.4 is 5.56 Å². The molecule has 212 valence electrons. The number of rotatable bonds is 7. The second kappa shape index (κ2) is 11.7. The molecule has 2 amide bonds. The van der Waals surface area contributed by atoms with Gasteiger partial charge in [0, 0.05) is 56.3 Å². The largest absolute Gasteiger partial charge is 0.387 e. The lowest BCUT2D eigenvalue weighted by Gasteiger charge is -2.51. The molecule has 0 radical (unpaired) electrons. The minimum absolute atomic E-state index is 0.0251. The van der Waals surface area contributed by atoms with Crippen molar-refractivity contribution >= 4 is 11.8 Å². The van der Waals surface area contributed by atoms with Crippen molar-refractivity contribution in [2.45, 2.75) is 77.9 Å². The van der Waals surface area contributed by atoms with E-state index in [1.807, 2.05) is 56.0 Å². The molecule has 2 atom stereocenters. The van der Waals surface area contributed by atoms with Gasteiger partial charge in [-0.05, 0) is 24.3 Å². The van der Waals surface area contributed by atoms with Gasteiger partial charge in [0.15, 0.2) is 0 Å². The van der Waals surface area contributed by atoms with Crippen molar-refractivity contribution in [2.24, 2.45) is 17.3 Å². The van der Waals surface area contributed by atoms with Crippen LogP contribution in [0.2, 0.25) is 0 Å². The smallest absolute Gasteiger partial charge is 0.255 e. The summed E-state index contributed by atoms with van der Waals surface area (Å²) in [4.78, 5) is 43.2. The summed E-state index contributed by atoms with van der Waals surface area (Å²) in [6.07, 6.45) is 9.17. The molecule has 0 bridgehead atoms. The molecule has 1 aliphatic carbocycles. The van der Waals surface area contributed by atoms with Gasteiger partial charge < -0.3 is 19.5 Å². The van der Waals surface area contributed by atoms with E-state index >= 15 is 0 Å². The first kappa shape index (κ1) is 29.1. The van der Waals surface area contributed by atoms with Crippen LogP contribution in [0, 0.1) is 17.3 Å². The lowest BCUT2D eigenvalue weighted by Crippen LogP contribution is -2.61. The summed E-state index contributed by atoms with van der Waals surface area (Å²) in [6.45, 7) is 6.91. The highest BCUT2D eigenvalue weighted by Crippen LogP contribution is 2.41. The van der Waals surface area contributed by atoms with E-state index in [2.05, 4.69) is 0 Å². The van der Waals surface area contributed by atoms with Gasteiger partial charge in [-0.1, -0.05) is 83.2 Å². The topological polar surface area (TPSA) is 82.8 Å². The second-order valence-corrected chi connectivity index (χ2v) is 12.7. The Hall–Kier alpha value is -2.93. The number of carbonyl (C=O) groups is 2. The van der Waals surface area contributed by atoms with E-state index in [0.29, 0.717) is 36.6 Å². The molecule has 1 saturated heterocycles. The molecule has 7 heteroatoms. The molecule has 2 fully saturated rings. The average Bonchev–Trinajstić information content (AvgIpc) is 2.91. The molecule has 2 heterocycles. The number of carbonyl (C=O) groups excluding carboxylic acids is 2. The monoisotopic (exact) mass is 535 g/mol.